The smallest absolute Gasteiger partial charge is 0.227 e. The predicted octanol–water partition coefficient (Wildman–Crippen LogP) is 1.77. The standard InChI is InChI=1S/C17H23N3O/c21-17-16-12-19(9-13-3-4-13)11-15(16)5-7-20(17)10-14-2-1-6-18-8-14/h1-2,6,8,13,15-16H,3-5,7,9-12H2/t15-,16-/m1/s1. The highest BCUT2D eigenvalue weighted by Gasteiger charge is 2.43. The van der Waals surface area contributed by atoms with Gasteiger partial charge < -0.3 is 9.80 Å². The van der Waals surface area contributed by atoms with E-state index < -0.39 is 0 Å². The summed E-state index contributed by atoms with van der Waals surface area (Å²) in [6.45, 7) is 4.99. The van der Waals surface area contributed by atoms with Gasteiger partial charge in [0.05, 0.1) is 5.92 Å². The Kier molecular flexibility index (Phi) is 3.42. The molecule has 112 valence electrons. The largest absolute Gasteiger partial charge is 0.338 e. The second-order valence-corrected chi connectivity index (χ2v) is 6.94. The molecule has 1 amide bonds. The highest BCUT2D eigenvalue weighted by Crippen LogP contribution is 2.36. The van der Waals surface area contributed by atoms with Crippen LogP contribution < -0.4 is 0 Å². The van der Waals surface area contributed by atoms with Crippen LogP contribution in [0.5, 0.6) is 0 Å². The van der Waals surface area contributed by atoms with E-state index in [0.717, 1.165) is 44.1 Å². The third kappa shape index (κ3) is 2.82. The maximum absolute atomic E-state index is 12.7. The lowest BCUT2D eigenvalue weighted by atomic mass is 9.88. The molecule has 0 N–H and O–H groups in total. The SMILES string of the molecule is O=C1[C@@H]2CN(CC3CC3)C[C@H]2CCN1Cc1cccnc1. The molecule has 2 aliphatic heterocycles. The number of piperidine rings is 1. The third-order valence-electron chi connectivity index (χ3n) is 5.22. The fourth-order valence-corrected chi connectivity index (χ4v) is 3.88. The molecule has 0 radical (unpaired) electrons. The number of likely N-dealkylation sites (tertiary alicyclic amines) is 2. The highest BCUT2D eigenvalue weighted by molar-refractivity contribution is 5.80. The molecule has 0 aromatic carbocycles. The Labute approximate surface area is 126 Å². The monoisotopic (exact) mass is 285 g/mol. The molecule has 1 aliphatic carbocycles. The number of amides is 1. The van der Waals surface area contributed by atoms with Crippen LogP contribution in [0.15, 0.2) is 24.5 Å². The summed E-state index contributed by atoms with van der Waals surface area (Å²) >= 11 is 0. The van der Waals surface area contributed by atoms with Gasteiger partial charge in [-0.15, -0.1) is 0 Å². The topological polar surface area (TPSA) is 36.4 Å². The fraction of sp³-hybridized carbons (Fsp3) is 0.647. The molecule has 0 spiro atoms. The number of pyridine rings is 1. The zero-order valence-electron chi connectivity index (χ0n) is 12.4. The van der Waals surface area contributed by atoms with E-state index in [2.05, 4.69) is 16.0 Å². The Bertz CT molecular complexity index is 514. The van der Waals surface area contributed by atoms with Crippen molar-refractivity contribution < 1.29 is 4.79 Å². The van der Waals surface area contributed by atoms with Crippen molar-refractivity contribution in [1.29, 1.82) is 0 Å². The summed E-state index contributed by atoms with van der Waals surface area (Å²) in [6, 6.07) is 4.00. The molecule has 0 bridgehead atoms. The Balaban J connectivity index is 1.40. The van der Waals surface area contributed by atoms with Crippen LogP contribution in [0.1, 0.15) is 24.8 Å². The van der Waals surface area contributed by atoms with E-state index in [-0.39, 0.29) is 5.92 Å². The summed E-state index contributed by atoms with van der Waals surface area (Å²) < 4.78 is 0. The normalized spacial score (nSPS) is 29.7. The van der Waals surface area contributed by atoms with Crippen LogP contribution >= 0.6 is 0 Å². The summed E-state index contributed by atoms with van der Waals surface area (Å²) in [7, 11) is 0. The number of carbonyl (C=O) groups excluding carboxylic acids is 1. The van der Waals surface area contributed by atoms with E-state index in [9.17, 15) is 4.79 Å². The fourth-order valence-electron chi connectivity index (χ4n) is 3.88. The highest BCUT2D eigenvalue weighted by atomic mass is 16.2. The van der Waals surface area contributed by atoms with Crippen molar-refractivity contribution in [3.63, 3.8) is 0 Å². The Morgan fingerprint density at radius 3 is 2.90 bits per heavy atom. The van der Waals surface area contributed by atoms with Gasteiger partial charge in [0.2, 0.25) is 5.91 Å². The van der Waals surface area contributed by atoms with E-state index in [4.69, 9.17) is 0 Å². The van der Waals surface area contributed by atoms with E-state index in [1.807, 2.05) is 17.2 Å². The molecule has 2 atom stereocenters. The Morgan fingerprint density at radius 2 is 2.14 bits per heavy atom. The van der Waals surface area contributed by atoms with Crippen LogP contribution in [-0.4, -0.2) is 46.9 Å². The number of rotatable bonds is 4. The first-order valence-corrected chi connectivity index (χ1v) is 8.19. The maximum Gasteiger partial charge on any atom is 0.227 e. The van der Waals surface area contributed by atoms with Gasteiger partial charge in [-0.3, -0.25) is 9.78 Å². The van der Waals surface area contributed by atoms with E-state index >= 15 is 0 Å². The van der Waals surface area contributed by atoms with Crippen LogP contribution in [0.4, 0.5) is 0 Å². The minimum atomic E-state index is 0.245. The first-order valence-electron chi connectivity index (χ1n) is 8.19. The van der Waals surface area contributed by atoms with Crippen LogP contribution in [0.2, 0.25) is 0 Å². The molecule has 3 aliphatic rings. The third-order valence-corrected chi connectivity index (χ3v) is 5.22. The second-order valence-electron chi connectivity index (χ2n) is 6.94. The van der Waals surface area contributed by atoms with Gasteiger partial charge in [0.25, 0.3) is 0 Å². The molecule has 1 saturated carbocycles. The number of hydrogen-bond donors (Lipinski definition) is 0. The van der Waals surface area contributed by atoms with Gasteiger partial charge in [-0.05, 0) is 42.7 Å². The van der Waals surface area contributed by atoms with Crippen LogP contribution in [0, 0.1) is 17.8 Å². The number of carbonyl (C=O) groups is 1. The lowest BCUT2D eigenvalue weighted by Crippen LogP contribution is -2.44. The van der Waals surface area contributed by atoms with E-state index in [1.54, 1.807) is 6.20 Å². The van der Waals surface area contributed by atoms with Gasteiger partial charge in [-0.2, -0.15) is 0 Å². The molecule has 4 heteroatoms. The summed E-state index contributed by atoms with van der Waals surface area (Å²) in [5.74, 6) is 2.13. The van der Waals surface area contributed by atoms with Crippen LogP contribution in [-0.2, 0) is 11.3 Å². The van der Waals surface area contributed by atoms with Crippen molar-refractivity contribution in [2.24, 2.45) is 17.8 Å². The molecule has 4 rings (SSSR count). The predicted molar refractivity (Wildman–Crippen MR) is 80.4 cm³/mol. The van der Waals surface area contributed by atoms with Gasteiger partial charge in [-0.1, -0.05) is 6.07 Å². The summed E-state index contributed by atoms with van der Waals surface area (Å²) in [5.41, 5.74) is 1.14. The molecule has 4 nitrogen and oxygen atoms in total. The summed E-state index contributed by atoms with van der Waals surface area (Å²) in [4.78, 5) is 21.5. The van der Waals surface area contributed by atoms with Crippen LogP contribution in [0.3, 0.4) is 0 Å². The minimum absolute atomic E-state index is 0.245. The average molecular weight is 285 g/mol. The van der Waals surface area contributed by atoms with Crippen molar-refractivity contribution >= 4 is 5.91 Å². The lowest BCUT2D eigenvalue weighted by Gasteiger charge is -2.33. The molecular weight excluding hydrogens is 262 g/mol. The first kappa shape index (κ1) is 13.3. The van der Waals surface area contributed by atoms with Crippen molar-refractivity contribution in [2.75, 3.05) is 26.2 Å². The average Bonchev–Trinajstić information content (AvgIpc) is 3.21. The van der Waals surface area contributed by atoms with Gasteiger partial charge in [0, 0.05) is 45.1 Å². The van der Waals surface area contributed by atoms with Crippen molar-refractivity contribution in [1.82, 2.24) is 14.8 Å². The van der Waals surface area contributed by atoms with Crippen molar-refractivity contribution in [3.8, 4) is 0 Å². The first-order chi connectivity index (χ1) is 10.3. The van der Waals surface area contributed by atoms with E-state index in [0.29, 0.717) is 11.8 Å². The van der Waals surface area contributed by atoms with Gasteiger partial charge in [-0.25, -0.2) is 0 Å². The zero-order valence-corrected chi connectivity index (χ0v) is 12.4. The number of fused-ring (bicyclic) bond motifs is 1. The molecule has 3 fully saturated rings. The van der Waals surface area contributed by atoms with Crippen molar-refractivity contribution in [2.45, 2.75) is 25.8 Å². The molecule has 1 aromatic rings. The minimum Gasteiger partial charge on any atom is -0.338 e. The van der Waals surface area contributed by atoms with Crippen molar-refractivity contribution in [3.05, 3.63) is 30.1 Å². The maximum atomic E-state index is 12.7. The number of hydrogen-bond acceptors (Lipinski definition) is 3. The Morgan fingerprint density at radius 1 is 1.24 bits per heavy atom. The lowest BCUT2D eigenvalue weighted by molar-refractivity contribution is -0.140. The van der Waals surface area contributed by atoms with Gasteiger partial charge in [0.15, 0.2) is 0 Å². The molecule has 3 heterocycles. The second kappa shape index (κ2) is 5.41. The van der Waals surface area contributed by atoms with E-state index in [1.165, 1.54) is 19.4 Å². The Hall–Kier alpha value is -1.42. The molecule has 21 heavy (non-hydrogen) atoms. The van der Waals surface area contributed by atoms with Gasteiger partial charge >= 0.3 is 0 Å². The summed E-state index contributed by atoms with van der Waals surface area (Å²) in [6.07, 6.45) is 7.61. The molecule has 2 saturated heterocycles. The number of nitrogens with zero attached hydrogens (tertiary/aromatic N) is 3. The zero-order chi connectivity index (χ0) is 14.2. The molecule has 0 unspecified atom stereocenters. The molecule has 1 aromatic heterocycles. The van der Waals surface area contributed by atoms with Gasteiger partial charge in [0.1, 0.15) is 0 Å². The number of aromatic nitrogens is 1. The van der Waals surface area contributed by atoms with Crippen LogP contribution in [0.25, 0.3) is 0 Å². The summed E-state index contributed by atoms with van der Waals surface area (Å²) in [5, 5.41) is 0. The quantitative estimate of drug-likeness (QED) is 0.846. The molecular formula is C17H23N3O.